The van der Waals surface area contributed by atoms with Gasteiger partial charge in [-0.3, -0.25) is 0 Å². The highest BCUT2D eigenvalue weighted by molar-refractivity contribution is 4.61. The summed E-state index contributed by atoms with van der Waals surface area (Å²) in [4.78, 5) is 2.52. The molecule has 0 atom stereocenters. The van der Waals surface area contributed by atoms with Crippen LogP contribution in [-0.2, 0) is 0 Å². The third kappa shape index (κ3) is 14.5. The zero-order chi connectivity index (χ0) is 11.2. The molecule has 1 rings (SSSR count). The van der Waals surface area contributed by atoms with E-state index in [1.165, 1.54) is 51.7 Å². The summed E-state index contributed by atoms with van der Waals surface area (Å²) in [6.45, 7) is 14.7. The summed E-state index contributed by atoms with van der Waals surface area (Å²) in [6, 6.07) is 0. The Morgan fingerprint density at radius 3 is 1.29 bits per heavy atom. The third-order valence-corrected chi connectivity index (χ3v) is 1.90. The molecule has 1 nitrogen and oxygen atoms in total. The minimum absolute atomic E-state index is 1.25. The Morgan fingerprint density at radius 2 is 1.07 bits per heavy atom. The van der Waals surface area contributed by atoms with Crippen molar-refractivity contribution in [3.63, 3.8) is 0 Å². The largest absolute Gasteiger partial charge is 0.304 e. The molecule has 1 fully saturated rings. The molecule has 1 heterocycles. The maximum absolute atomic E-state index is 2.52. The SMILES string of the molecule is CCC.CCC.CCN1CCCCC1. The van der Waals surface area contributed by atoms with Gasteiger partial charge in [-0.25, -0.2) is 0 Å². The van der Waals surface area contributed by atoms with Crippen molar-refractivity contribution in [2.45, 2.75) is 66.7 Å². The zero-order valence-electron chi connectivity index (χ0n) is 11.1. The molecule has 1 saturated heterocycles. The van der Waals surface area contributed by atoms with Crippen molar-refractivity contribution in [3.8, 4) is 0 Å². The molecular weight excluding hydrogens is 170 g/mol. The Bertz CT molecular complexity index is 73.3. The summed E-state index contributed by atoms with van der Waals surface area (Å²) < 4.78 is 0. The minimum atomic E-state index is 1.25. The number of rotatable bonds is 1. The molecule has 1 heteroatoms. The highest BCUT2D eigenvalue weighted by atomic mass is 15.1. The number of likely N-dealkylation sites (tertiary alicyclic amines) is 1. The molecule has 88 valence electrons. The molecule has 0 saturated carbocycles. The smallest absolute Gasteiger partial charge is 0.00188 e. The van der Waals surface area contributed by atoms with Gasteiger partial charge in [0.2, 0.25) is 0 Å². The first-order valence-corrected chi connectivity index (χ1v) is 6.48. The van der Waals surface area contributed by atoms with E-state index in [2.05, 4.69) is 39.5 Å². The highest BCUT2D eigenvalue weighted by Gasteiger charge is 2.05. The van der Waals surface area contributed by atoms with Gasteiger partial charge in [-0.1, -0.05) is 53.9 Å². The molecule has 0 unspecified atom stereocenters. The predicted molar refractivity (Wildman–Crippen MR) is 67.9 cm³/mol. The highest BCUT2D eigenvalue weighted by Crippen LogP contribution is 2.06. The van der Waals surface area contributed by atoms with E-state index in [1.54, 1.807) is 0 Å². The average molecular weight is 201 g/mol. The topological polar surface area (TPSA) is 3.24 Å². The molecular formula is C13H31N. The third-order valence-electron chi connectivity index (χ3n) is 1.90. The van der Waals surface area contributed by atoms with Crippen molar-refractivity contribution >= 4 is 0 Å². The monoisotopic (exact) mass is 201 g/mol. The second-order valence-corrected chi connectivity index (χ2v) is 3.91. The van der Waals surface area contributed by atoms with Gasteiger partial charge in [-0.2, -0.15) is 0 Å². The summed E-state index contributed by atoms with van der Waals surface area (Å²) in [7, 11) is 0. The maximum atomic E-state index is 2.52. The molecule has 0 N–H and O–H groups in total. The lowest BCUT2D eigenvalue weighted by molar-refractivity contribution is 0.240. The van der Waals surface area contributed by atoms with Gasteiger partial charge in [0, 0.05) is 0 Å². The van der Waals surface area contributed by atoms with E-state index in [1.807, 2.05) is 0 Å². The lowest BCUT2D eigenvalue weighted by atomic mass is 10.1. The van der Waals surface area contributed by atoms with Crippen molar-refractivity contribution in [2.24, 2.45) is 0 Å². The van der Waals surface area contributed by atoms with Crippen LogP contribution in [0.3, 0.4) is 0 Å². The van der Waals surface area contributed by atoms with Gasteiger partial charge < -0.3 is 4.90 Å². The van der Waals surface area contributed by atoms with Crippen LogP contribution in [0, 0.1) is 0 Å². The van der Waals surface area contributed by atoms with Crippen molar-refractivity contribution in [1.82, 2.24) is 4.90 Å². The predicted octanol–water partition coefficient (Wildman–Crippen LogP) is 4.32. The average Bonchev–Trinajstić information content (AvgIpc) is 2.21. The fraction of sp³-hybridized carbons (Fsp3) is 1.00. The molecule has 0 spiro atoms. The molecule has 14 heavy (non-hydrogen) atoms. The van der Waals surface area contributed by atoms with E-state index >= 15 is 0 Å². The quantitative estimate of drug-likeness (QED) is 0.610. The maximum Gasteiger partial charge on any atom is -0.00188 e. The van der Waals surface area contributed by atoms with Crippen LogP contribution in [0.15, 0.2) is 0 Å². The van der Waals surface area contributed by atoms with Crippen LogP contribution < -0.4 is 0 Å². The lowest BCUT2D eigenvalue weighted by Gasteiger charge is -2.24. The minimum Gasteiger partial charge on any atom is -0.304 e. The van der Waals surface area contributed by atoms with Crippen LogP contribution in [0.1, 0.15) is 66.7 Å². The molecule has 0 aromatic heterocycles. The second-order valence-electron chi connectivity index (χ2n) is 3.91. The Kier molecular flexibility index (Phi) is 18.1. The van der Waals surface area contributed by atoms with Gasteiger partial charge in [0.1, 0.15) is 0 Å². The number of hydrogen-bond acceptors (Lipinski definition) is 1. The fourth-order valence-electron chi connectivity index (χ4n) is 1.28. The lowest BCUT2D eigenvalue weighted by Crippen LogP contribution is -2.29. The second kappa shape index (κ2) is 15.4. The molecule has 0 radical (unpaired) electrons. The summed E-state index contributed by atoms with van der Waals surface area (Å²) in [5, 5.41) is 0. The van der Waals surface area contributed by atoms with E-state index in [-0.39, 0.29) is 0 Å². The van der Waals surface area contributed by atoms with Gasteiger partial charge in [0.25, 0.3) is 0 Å². The zero-order valence-corrected chi connectivity index (χ0v) is 11.1. The van der Waals surface area contributed by atoms with Crippen LogP contribution in [-0.4, -0.2) is 24.5 Å². The van der Waals surface area contributed by atoms with Crippen molar-refractivity contribution in [2.75, 3.05) is 19.6 Å². The van der Waals surface area contributed by atoms with Gasteiger partial charge in [0.15, 0.2) is 0 Å². The van der Waals surface area contributed by atoms with Crippen LogP contribution in [0.25, 0.3) is 0 Å². The normalized spacial score (nSPS) is 16.1. The molecule has 0 bridgehead atoms. The Hall–Kier alpha value is -0.0400. The van der Waals surface area contributed by atoms with E-state index in [0.717, 1.165) is 0 Å². The van der Waals surface area contributed by atoms with Gasteiger partial charge >= 0.3 is 0 Å². The summed E-state index contributed by atoms with van der Waals surface area (Å²) >= 11 is 0. The van der Waals surface area contributed by atoms with E-state index in [4.69, 9.17) is 0 Å². The molecule has 1 aliphatic rings. The van der Waals surface area contributed by atoms with Crippen LogP contribution in [0.5, 0.6) is 0 Å². The van der Waals surface area contributed by atoms with Crippen molar-refractivity contribution in [1.29, 1.82) is 0 Å². The summed E-state index contributed by atoms with van der Waals surface area (Å²) in [5.41, 5.74) is 0. The Balaban J connectivity index is 0. The van der Waals surface area contributed by atoms with Gasteiger partial charge in [-0.05, 0) is 32.5 Å². The molecule has 0 aromatic rings. The Labute approximate surface area is 91.9 Å². The van der Waals surface area contributed by atoms with E-state index in [9.17, 15) is 0 Å². The number of piperidine rings is 1. The molecule has 0 aliphatic carbocycles. The first-order valence-electron chi connectivity index (χ1n) is 6.48. The first-order chi connectivity index (χ1) is 6.76. The van der Waals surface area contributed by atoms with E-state index in [0.29, 0.717) is 0 Å². The number of nitrogens with zero attached hydrogens (tertiary/aromatic N) is 1. The standard InChI is InChI=1S/C7H15N.2C3H8/c1-2-8-6-4-3-5-7-8;2*1-3-2/h2-7H2,1H3;2*3H2,1-2H3. The van der Waals surface area contributed by atoms with Crippen molar-refractivity contribution in [3.05, 3.63) is 0 Å². The fourth-order valence-corrected chi connectivity index (χ4v) is 1.28. The van der Waals surface area contributed by atoms with Crippen LogP contribution >= 0.6 is 0 Å². The van der Waals surface area contributed by atoms with E-state index < -0.39 is 0 Å². The van der Waals surface area contributed by atoms with Gasteiger partial charge in [-0.15, -0.1) is 0 Å². The van der Waals surface area contributed by atoms with Gasteiger partial charge in [0.05, 0.1) is 0 Å². The molecule has 0 aromatic carbocycles. The summed E-state index contributed by atoms with van der Waals surface area (Å²) in [6.07, 6.45) is 6.80. The molecule has 0 amide bonds. The van der Waals surface area contributed by atoms with Crippen molar-refractivity contribution < 1.29 is 0 Å². The van der Waals surface area contributed by atoms with Crippen LogP contribution in [0.4, 0.5) is 0 Å². The molecule has 1 aliphatic heterocycles. The van der Waals surface area contributed by atoms with Crippen LogP contribution in [0.2, 0.25) is 0 Å². The summed E-state index contributed by atoms with van der Waals surface area (Å²) in [5.74, 6) is 0. The first kappa shape index (κ1) is 16.4. The Morgan fingerprint density at radius 1 is 0.714 bits per heavy atom. The number of hydrogen-bond donors (Lipinski definition) is 0.